The van der Waals surface area contributed by atoms with Gasteiger partial charge in [0.2, 0.25) is 0 Å². The SMILES string of the molecule is COCc1cc(OC)cc(OC)c1C1CCCN1. The summed E-state index contributed by atoms with van der Waals surface area (Å²) in [7, 11) is 5.07. The molecule has 1 aliphatic heterocycles. The maximum absolute atomic E-state index is 5.51. The van der Waals surface area contributed by atoms with Crippen molar-refractivity contribution in [1.29, 1.82) is 0 Å². The Bertz CT molecular complexity index is 400. The Labute approximate surface area is 108 Å². The molecule has 1 aromatic carbocycles. The molecule has 2 rings (SSSR count). The van der Waals surface area contributed by atoms with Crippen LogP contribution in [0.2, 0.25) is 0 Å². The number of hydrogen-bond donors (Lipinski definition) is 1. The molecular formula is C14H21NO3. The summed E-state index contributed by atoms with van der Waals surface area (Å²) in [6, 6.07) is 4.33. The van der Waals surface area contributed by atoms with E-state index >= 15 is 0 Å². The van der Waals surface area contributed by atoms with Crippen LogP contribution in [-0.4, -0.2) is 27.9 Å². The Morgan fingerprint density at radius 2 is 2.06 bits per heavy atom. The molecule has 4 heteroatoms. The Morgan fingerprint density at radius 3 is 2.61 bits per heavy atom. The van der Waals surface area contributed by atoms with Crippen LogP contribution in [0.25, 0.3) is 0 Å². The van der Waals surface area contributed by atoms with Crippen molar-refractivity contribution in [2.75, 3.05) is 27.9 Å². The molecule has 0 bridgehead atoms. The molecule has 1 aliphatic rings. The van der Waals surface area contributed by atoms with Crippen LogP contribution in [0.5, 0.6) is 11.5 Å². The smallest absolute Gasteiger partial charge is 0.127 e. The van der Waals surface area contributed by atoms with Crippen LogP contribution in [0, 0.1) is 0 Å². The van der Waals surface area contributed by atoms with Crippen LogP contribution in [0.3, 0.4) is 0 Å². The summed E-state index contributed by atoms with van der Waals surface area (Å²) < 4.78 is 16.1. The van der Waals surface area contributed by atoms with E-state index < -0.39 is 0 Å². The molecule has 1 aromatic rings. The van der Waals surface area contributed by atoms with E-state index in [9.17, 15) is 0 Å². The molecule has 0 amide bonds. The fourth-order valence-electron chi connectivity index (χ4n) is 2.54. The van der Waals surface area contributed by atoms with Gasteiger partial charge in [-0.15, -0.1) is 0 Å². The fraction of sp³-hybridized carbons (Fsp3) is 0.571. The van der Waals surface area contributed by atoms with E-state index in [1.54, 1.807) is 21.3 Å². The van der Waals surface area contributed by atoms with Crippen molar-refractivity contribution >= 4 is 0 Å². The molecule has 18 heavy (non-hydrogen) atoms. The molecule has 1 atom stereocenters. The molecule has 0 radical (unpaired) electrons. The van der Waals surface area contributed by atoms with Crippen LogP contribution in [0.1, 0.15) is 30.0 Å². The molecule has 0 saturated carbocycles. The molecule has 4 nitrogen and oxygen atoms in total. The third-order valence-corrected chi connectivity index (χ3v) is 3.37. The predicted octanol–water partition coefficient (Wildman–Crippen LogP) is 2.27. The molecular weight excluding hydrogens is 230 g/mol. The van der Waals surface area contributed by atoms with Crippen molar-refractivity contribution in [1.82, 2.24) is 5.32 Å². The average molecular weight is 251 g/mol. The second kappa shape index (κ2) is 6.07. The van der Waals surface area contributed by atoms with Gasteiger partial charge in [-0.1, -0.05) is 0 Å². The monoisotopic (exact) mass is 251 g/mol. The lowest BCUT2D eigenvalue weighted by molar-refractivity contribution is 0.183. The van der Waals surface area contributed by atoms with Crippen molar-refractivity contribution in [3.05, 3.63) is 23.3 Å². The summed E-state index contributed by atoms with van der Waals surface area (Å²) in [6.07, 6.45) is 2.34. The molecule has 1 fully saturated rings. The zero-order valence-electron chi connectivity index (χ0n) is 11.3. The van der Waals surface area contributed by atoms with Gasteiger partial charge in [-0.3, -0.25) is 0 Å². The summed E-state index contributed by atoms with van der Waals surface area (Å²) in [4.78, 5) is 0. The van der Waals surface area contributed by atoms with E-state index in [1.165, 1.54) is 12.0 Å². The van der Waals surface area contributed by atoms with Crippen LogP contribution in [0.15, 0.2) is 12.1 Å². The lowest BCUT2D eigenvalue weighted by atomic mass is 9.97. The minimum atomic E-state index is 0.357. The minimum absolute atomic E-state index is 0.357. The van der Waals surface area contributed by atoms with Crippen LogP contribution >= 0.6 is 0 Å². The molecule has 100 valence electrons. The lowest BCUT2D eigenvalue weighted by Gasteiger charge is -2.20. The first-order valence-electron chi connectivity index (χ1n) is 6.27. The van der Waals surface area contributed by atoms with Gasteiger partial charge in [-0.2, -0.15) is 0 Å². The normalized spacial score (nSPS) is 18.9. The summed E-state index contributed by atoms with van der Waals surface area (Å²) in [5, 5.41) is 3.51. The van der Waals surface area contributed by atoms with Gasteiger partial charge < -0.3 is 19.5 Å². The topological polar surface area (TPSA) is 39.7 Å². The van der Waals surface area contributed by atoms with Crippen LogP contribution in [-0.2, 0) is 11.3 Å². The Hall–Kier alpha value is -1.26. The summed E-state index contributed by atoms with van der Waals surface area (Å²) in [6.45, 7) is 1.63. The Balaban J connectivity index is 2.44. The van der Waals surface area contributed by atoms with Gasteiger partial charge in [0.25, 0.3) is 0 Å². The van der Waals surface area contributed by atoms with Gasteiger partial charge in [-0.05, 0) is 31.0 Å². The lowest BCUT2D eigenvalue weighted by Crippen LogP contribution is -2.16. The predicted molar refractivity (Wildman–Crippen MR) is 70.2 cm³/mol. The van der Waals surface area contributed by atoms with E-state index in [1.807, 2.05) is 12.1 Å². The van der Waals surface area contributed by atoms with Crippen molar-refractivity contribution in [3.8, 4) is 11.5 Å². The van der Waals surface area contributed by atoms with Crippen molar-refractivity contribution in [2.24, 2.45) is 0 Å². The highest BCUT2D eigenvalue weighted by molar-refractivity contribution is 5.48. The number of ether oxygens (including phenoxy) is 3. The Morgan fingerprint density at radius 1 is 1.22 bits per heavy atom. The van der Waals surface area contributed by atoms with Crippen molar-refractivity contribution in [3.63, 3.8) is 0 Å². The van der Waals surface area contributed by atoms with Gasteiger partial charge >= 0.3 is 0 Å². The van der Waals surface area contributed by atoms with E-state index in [-0.39, 0.29) is 0 Å². The van der Waals surface area contributed by atoms with E-state index in [0.29, 0.717) is 12.6 Å². The highest BCUT2D eigenvalue weighted by atomic mass is 16.5. The second-order valence-electron chi connectivity index (χ2n) is 4.48. The number of methoxy groups -OCH3 is 3. The zero-order chi connectivity index (χ0) is 13.0. The van der Waals surface area contributed by atoms with Crippen LogP contribution < -0.4 is 14.8 Å². The molecule has 1 saturated heterocycles. The largest absolute Gasteiger partial charge is 0.497 e. The van der Waals surface area contributed by atoms with Crippen LogP contribution in [0.4, 0.5) is 0 Å². The highest BCUT2D eigenvalue weighted by Crippen LogP contribution is 2.37. The van der Waals surface area contributed by atoms with Gasteiger partial charge in [0.05, 0.1) is 20.8 Å². The Kier molecular flexibility index (Phi) is 4.44. The molecule has 1 heterocycles. The molecule has 0 spiro atoms. The summed E-state index contributed by atoms with van der Waals surface area (Å²) in [5.41, 5.74) is 2.34. The van der Waals surface area contributed by atoms with Gasteiger partial charge in [0.1, 0.15) is 11.5 Å². The first kappa shape index (κ1) is 13.2. The molecule has 0 aromatic heterocycles. The molecule has 1 N–H and O–H groups in total. The van der Waals surface area contributed by atoms with Crippen molar-refractivity contribution in [2.45, 2.75) is 25.5 Å². The van der Waals surface area contributed by atoms with Gasteiger partial charge in [0.15, 0.2) is 0 Å². The molecule has 0 aliphatic carbocycles. The van der Waals surface area contributed by atoms with E-state index in [4.69, 9.17) is 14.2 Å². The van der Waals surface area contributed by atoms with Gasteiger partial charge in [-0.25, -0.2) is 0 Å². The maximum Gasteiger partial charge on any atom is 0.127 e. The number of rotatable bonds is 5. The quantitative estimate of drug-likeness (QED) is 0.871. The number of hydrogen-bond acceptors (Lipinski definition) is 4. The average Bonchev–Trinajstić information content (AvgIpc) is 2.91. The highest BCUT2D eigenvalue weighted by Gasteiger charge is 2.24. The standard InChI is InChI=1S/C14H21NO3/c1-16-9-10-7-11(17-2)8-13(18-3)14(10)12-5-4-6-15-12/h7-8,12,15H,4-6,9H2,1-3H3. The minimum Gasteiger partial charge on any atom is -0.497 e. The van der Waals surface area contributed by atoms with Crippen molar-refractivity contribution < 1.29 is 14.2 Å². The maximum atomic E-state index is 5.51. The second-order valence-corrected chi connectivity index (χ2v) is 4.48. The number of nitrogens with one attached hydrogen (secondary N) is 1. The van der Waals surface area contributed by atoms with Gasteiger partial charge in [0, 0.05) is 24.8 Å². The summed E-state index contributed by atoms with van der Waals surface area (Å²) in [5.74, 6) is 1.68. The third-order valence-electron chi connectivity index (χ3n) is 3.37. The summed E-state index contributed by atoms with van der Waals surface area (Å²) >= 11 is 0. The zero-order valence-corrected chi connectivity index (χ0v) is 11.3. The van der Waals surface area contributed by atoms with E-state index in [2.05, 4.69) is 5.32 Å². The number of benzene rings is 1. The fourth-order valence-corrected chi connectivity index (χ4v) is 2.54. The molecule has 1 unspecified atom stereocenters. The third kappa shape index (κ3) is 2.60. The first-order chi connectivity index (χ1) is 8.80. The van der Waals surface area contributed by atoms with E-state index in [0.717, 1.165) is 30.0 Å². The first-order valence-corrected chi connectivity index (χ1v) is 6.27.